The van der Waals surface area contributed by atoms with Gasteiger partial charge in [-0.15, -0.1) is 0 Å². The summed E-state index contributed by atoms with van der Waals surface area (Å²) in [6, 6.07) is 7.49. The zero-order valence-corrected chi connectivity index (χ0v) is 11.7. The molecular weight excluding hydrogens is 262 g/mol. The van der Waals surface area contributed by atoms with Crippen LogP contribution in [0.25, 0.3) is 0 Å². The molecule has 1 aromatic heterocycles. The van der Waals surface area contributed by atoms with Crippen LogP contribution < -0.4 is 15.8 Å². The number of benzene rings is 1. The minimum absolute atomic E-state index is 0.556. The Kier molecular flexibility index (Phi) is 4.12. The van der Waals surface area contributed by atoms with Crippen molar-refractivity contribution in [1.29, 1.82) is 0 Å². The molecule has 0 bridgehead atoms. The molecule has 0 spiro atoms. The first-order valence-electron chi connectivity index (χ1n) is 5.88. The molecule has 0 saturated heterocycles. The van der Waals surface area contributed by atoms with E-state index < -0.39 is 0 Å². The van der Waals surface area contributed by atoms with Crippen molar-refractivity contribution in [2.45, 2.75) is 13.5 Å². The van der Waals surface area contributed by atoms with Crippen LogP contribution in [0, 0.1) is 6.92 Å². The first-order chi connectivity index (χ1) is 9.10. The van der Waals surface area contributed by atoms with Gasteiger partial charge in [0.25, 0.3) is 0 Å². The Morgan fingerprint density at radius 2 is 2.16 bits per heavy atom. The predicted molar refractivity (Wildman–Crippen MR) is 78.7 cm³/mol. The van der Waals surface area contributed by atoms with E-state index >= 15 is 0 Å². The lowest BCUT2D eigenvalue weighted by Crippen LogP contribution is -2.02. The standard InChI is InChI=1S/C14H16ClN3O/c1-9-5-12(16)11(15)6-13(9)17-7-10-3-4-14(19-2)18-8-10/h3-6,8,17H,7,16H2,1-2H3. The molecule has 0 aliphatic carbocycles. The third-order valence-electron chi connectivity index (χ3n) is 2.83. The van der Waals surface area contributed by atoms with E-state index in [-0.39, 0.29) is 0 Å². The minimum atomic E-state index is 0.556. The zero-order chi connectivity index (χ0) is 13.8. The van der Waals surface area contributed by atoms with E-state index in [0.29, 0.717) is 23.1 Å². The number of nitrogens with one attached hydrogen (secondary N) is 1. The average Bonchev–Trinajstić information content (AvgIpc) is 2.42. The van der Waals surface area contributed by atoms with Crippen molar-refractivity contribution in [2.75, 3.05) is 18.2 Å². The van der Waals surface area contributed by atoms with Crippen LogP contribution in [0.15, 0.2) is 30.5 Å². The maximum Gasteiger partial charge on any atom is 0.212 e. The van der Waals surface area contributed by atoms with Gasteiger partial charge in [-0.25, -0.2) is 4.98 Å². The highest BCUT2D eigenvalue weighted by Crippen LogP contribution is 2.27. The number of hydrogen-bond donors (Lipinski definition) is 2. The number of aromatic nitrogens is 1. The predicted octanol–water partition coefficient (Wildman–Crippen LogP) is 3.25. The normalized spacial score (nSPS) is 10.3. The Bertz CT molecular complexity index is 570. The second kappa shape index (κ2) is 5.80. The number of halogens is 1. The minimum Gasteiger partial charge on any atom is -0.481 e. The van der Waals surface area contributed by atoms with Crippen molar-refractivity contribution in [3.8, 4) is 5.88 Å². The third-order valence-corrected chi connectivity index (χ3v) is 3.16. The van der Waals surface area contributed by atoms with E-state index in [1.165, 1.54) is 0 Å². The fourth-order valence-corrected chi connectivity index (χ4v) is 1.89. The summed E-state index contributed by atoms with van der Waals surface area (Å²) in [6.07, 6.45) is 1.78. The number of methoxy groups -OCH3 is 1. The highest BCUT2D eigenvalue weighted by atomic mass is 35.5. The molecule has 0 amide bonds. The number of pyridine rings is 1. The van der Waals surface area contributed by atoms with E-state index in [2.05, 4.69) is 10.3 Å². The Hall–Kier alpha value is -1.94. The van der Waals surface area contributed by atoms with Gasteiger partial charge in [-0.3, -0.25) is 0 Å². The fraction of sp³-hybridized carbons (Fsp3) is 0.214. The summed E-state index contributed by atoms with van der Waals surface area (Å²) in [7, 11) is 1.60. The Labute approximate surface area is 117 Å². The third kappa shape index (κ3) is 3.29. The second-order valence-corrected chi connectivity index (χ2v) is 4.66. The van der Waals surface area contributed by atoms with Crippen molar-refractivity contribution in [3.63, 3.8) is 0 Å². The molecule has 0 radical (unpaired) electrons. The topological polar surface area (TPSA) is 60.2 Å². The van der Waals surface area contributed by atoms with Gasteiger partial charge in [-0.1, -0.05) is 17.7 Å². The van der Waals surface area contributed by atoms with Crippen LogP contribution >= 0.6 is 11.6 Å². The van der Waals surface area contributed by atoms with Crippen molar-refractivity contribution >= 4 is 23.0 Å². The second-order valence-electron chi connectivity index (χ2n) is 4.25. The molecule has 0 aliphatic heterocycles. The van der Waals surface area contributed by atoms with Crippen LogP contribution in [0.1, 0.15) is 11.1 Å². The molecule has 0 unspecified atom stereocenters. The van der Waals surface area contributed by atoms with Gasteiger partial charge in [-0.2, -0.15) is 0 Å². The van der Waals surface area contributed by atoms with Gasteiger partial charge < -0.3 is 15.8 Å². The van der Waals surface area contributed by atoms with E-state index in [9.17, 15) is 0 Å². The smallest absolute Gasteiger partial charge is 0.212 e. The number of aryl methyl sites for hydroxylation is 1. The maximum absolute atomic E-state index is 6.01. The lowest BCUT2D eigenvalue weighted by Gasteiger charge is -2.11. The van der Waals surface area contributed by atoms with E-state index in [4.69, 9.17) is 22.1 Å². The Balaban J connectivity index is 2.07. The molecule has 19 heavy (non-hydrogen) atoms. The van der Waals surface area contributed by atoms with Crippen LogP contribution in [0.5, 0.6) is 5.88 Å². The van der Waals surface area contributed by atoms with Crippen molar-refractivity contribution < 1.29 is 4.74 Å². The molecule has 2 aromatic rings. The highest BCUT2D eigenvalue weighted by Gasteiger charge is 2.03. The molecule has 4 nitrogen and oxygen atoms in total. The molecule has 1 aromatic carbocycles. The molecule has 0 atom stereocenters. The maximum atomic E-state index is 6.01. The summed E-state index contributed by atoms with van der Waals surface area (Å²) in [4.78, 5) is 4.16. The molecule has 0 aliphatic rings. The summed E-state index contributed by atoms with van der Waals surface area (Å²) in [6.45, 7) is 2.65. The Morgan fingerprint density at radius 3 is 2.79 bits per heavy atom. The van der Waals surface area contributed by atoms with Gasteiger partial charge in [0.2, 0.25) is 5.88 Å². The van der Waals surface area contributed by atoms with Gasteiger partial charge in [0.05, 0.1) is 17.8 Å². The number of nitrogens with two attached hydrogens (primary N) is 1. The molecule has 2 rings (SSSR count). The Morgan fingerprint density at radius 1 is 1.37 bits per heavy atom. The van der Waals surface area contributed by atoms with Crippen LogP contribution in [0.4, 0.5) is 11.4 Å². The molecule has 5 heteroatoms. The number of anilines is 2. The van der Waals surface area contributed by atoms with Crippen LogP contribution in [0.2, 0.25) is 5.02 Å². The van der Waals surface area contributed by atoms with Crippen LogP contribution in [-0.2, 0) is 6.54 Å². The van der Waals surface area contributed by atoms with Gasteiger partial charge in [0, 0.05) is 24.5 Å². The average molecular weight is 278 g/mol. The molecule has 0 saturated carbocycles. The molecule has 1 heterocycles. The SMILES string of the molecule is COc1ccc(CNc2cc(Cl)c(N)cc2C)cn1. The van der Waals surface area contributed by atoms with E-state index in [0.717, 1.165) is 16.8 Å². The molecule has 100 valence electrons. The first-order valence-corrected chi connectivity index (χ1v) is 6.26. The van der Waals surface area contributed by atoms with Gasteiger partial charge in [-0.05, 0) is 30.2 Å². The number of hydrogen-bond acceptors (Lipinski definition) is 4. The van der Waals surface area contributed by atoms with Gasteiger partial charge in [0.15, 0.2) is 0 Å². The van der Waals surface area contributed by atoms with Crippen molar-refractivity contribution in [3.05, 3.63) is 46.6 Å². The summed E-state index contributed by atoms with van der Waals surface area (Å²) in [5.74, 6) is 0.607. The lowest BCUT2D eigenvalue weighted by atomic mass is 10.1. The van der Waals surface area contributed by atoms with Crippen LogP contribution in [-0.4, -0.2) is 12.1 Å². The number of rotatable bonds is 4. The summed E-state index contributed by atoms with van der Waals surface area (Å²) in [5, 5.41) is 3.87. The van der Waals surface area contributed by atoms with Gasteiger partial charge in [0.1, 0.15) is 0 Å². The number of nitrogen functional groups attached to an aromatic ring is 1. The fourth-order valence-electron chi connectivity index (χ4n) is 1.73. The summed E-state index contributed by atoms with van der Waals surface area (Å²) in [5.41, 5.74) is 9.43. The van der Waals surface area contributed by atoms with Gasteiger partial charge >= 0.3 is 0 Å². The first kappa shape index (κ1) is 13.5. The molecular formula is C14H16ClN3O. The number of ether oxygens (including phenoxy) is 1. The monoisotopic (exact) mass is 277 g/mol. The van der Waals surface area contributed by atoms with E-state index in [1.807, 2.05) is 31.2 Å². The largest absolute Gasteiger partial charge is 0.481 e. The van der Waals surface area contributed by atoms with E-state index in [1.54, 1.807) is 13.3 Å². The quantitative estimate of drug-likeness (QED) is 0.842. The highest BCUT2D eigenvalue weighted by molar-refractivity contribution is 6.33. The number of nitrogens with zero attached hydrogens (tertiary/aromatic N) is 1. The molecule has 3 N–H and O–H groups in total. The lowest BCUT2D eigenvalue weighted by molar-refractivity contribution is 0.397. The molecule has 0 fully saturated rings. The summed E-state index contributed by atoms with van der Waals surface area (Å²) < 4.78 is 5.02. The summed E-state index contributed by atoms with van der Waals surface area (Å²) >= 11 is 6.01. The van der Waals surface area contributed by atoms with Crippen molar-refractivity contribution in [2.24, 2.45) is 0 Å². The van der Waals surface area contributed by atoms with Crippen molar-refractivity contribution in [1.82, 2.24) is 4.98 Å². The zero-order valence-electron chi connectivity index (χ0n) is 10.9. The van der Waals surface area contributed by atoms with Crippen LogP contribution in [0.3, 0.4) is 0 Å².